The van der Waals surface area contributed by atoms with Crippen molar-refractivity contribution in [3.8, 4) is 0 Å². The molecule has 1 amide bonds. The lowest BCUT2D eigenvalue weighted by molar-refractivity contribution is -0.120. The Kier molecular flexibility index (Phi) is 4.09. The number of amides is 1. The molecule has 1 aromatic rings. The Labute approximate surface area is 102 Å². The number of rotatable bonds is 4. The molecule has 1 unspecified atom stereocenters. The van der Waals surface area contributed by atoms with Crippen LogP contribution in [-0.4, -0.2) is 30.0 Å². The third-order valence-corrected chi connectivity index (χ3v) is 3.15. The maximum absolute atomic E-state index is 11.7. The Morgan fingerprint density at radius 1 is 1.65 bits per heavy atom. The number of carbonyl (C=O) groups is 1. The first-order valence-electron chi connectivity index (χ1n) is 6.16. The highest BCUT2D eigenvalue weighted by Crippen LogP contribution is 2.05. The van der Waals surface area contributed by atoms with E-state index in [1.165, 1.54) is 6.42 Å². The normalized spacial score (nSPS) is 19.2. The molecule has 0 aliphatic carbocycles. The number of pyridine rings is 1. The molecule has 0 radical (unpaired) electrons. The number of nitrogens with one attached hydrogen (secondary N) is 2. The second-order valence-corrected chi connectivity index (χ2v) is 4.54. The summed E-state index contributed by atoms with van der Waals surface area (Å²) in [5.74, 6) is 0.0560. The van der Waals surface area contributed by atoms with E-state index in [1.807, 2.05) is 19.1 Å². The van der Waals surface area contributed by atoms with Crippen LogP contribution in [0.25, 0.3) is 0 Å². The zero-order chi connectivity index (χ0) is 12.1. The fraction of sp³-hybridized carbons (Fsp3) is 0.538. The van der Waals surface area contributed by atoms with E-state index in [9.17, 15) is 4.79 Å². The molecular weight excluding hydrogens is 214 g/mol. The van der Waals surface area contributed by atoms with E-state index in [2.05, 4.69) is 15.6 Å². The Morgan fingerprint density at radius 2 is 2.53 bits per heavy atom. The molecule has 1 aliphatic rings. The van der Waals surface area contributed by atoms with Gasteiger partial charge in [-0.2, -0.15) is 0 Å². The first kappa shape index (κ1) is 12.0. The van der Waals surface area contributed by atoms with E-state index in [4.69, 9.17) is 0 Å². The topological polar surface area (TPSA) is 54.0 Å². The summed E-state index contributed by atoms with van der Waals surface area (Å²) in [4.78, 5) is 16.0. The molecule has 0 bridgehead atoms. The predicted octanol–water partition coefficient (Wildman–Crippen LogP) is 0.801. The number of aromatic nitrogens is 1. The summed E-state index contributed by atoms with van der Waals surface area (Å²) in [5.41, 5.74) is 1.94. The first-order chi connectivity index (χ1) is 8.25. The van der Waals surface area contributed by atoms with Crippen molar-refractivity contribution >= 4 is 5.91 Å². The molecule has 1 fully saturated rings. The summed E-state index contributed by atoms with van der Waals surface area (Å²) in [6, 6.07) is 4.32. The molecule has 1 saturated heterocycles. The van der Waals surface area contributed by atoms with Crippen molar-refractivity contribution < 1.29 is 4.79 Å². The summed E-state index contributed by atoms with van der Waals surface area (Å²) in [6.45, 7) is 3.78. The van der Waals surface area contributed by atoms with Crippen molar-refractivity contribution in [2.45, 2.75) is 32.2 Å². The Hall–Kier alpha value is -1.42. The van der Waals surface area contributed by atoms with E-state index in [0.29, 0.717) is 12.5 Å². The lowest BCUT2D eigenvalue weighted by Gasteiger charge is -2.11. The van der Waals surface area contributed by atoms with Gasteiger partial charge in [-0.1, -0.05) is 6.07 Å². The highest BCUT2D eigenvalue weighted by molar-refractivity contribution is 5.78. The molecule has 0 spiro atoms. The average Bonchev–Trinajstić information content (AvgIpc) is 2.82. The Morgan fingerprint density at radius 3 is 3.24 bits per heavy atom. The molecule has 1 aliphatic heterocycles. The molecule has 2 heterocycles. The smallest absolute Gasteiger partial charge is 0.226 e. The molecule has 17 heavy (non-hydrogen) atoms. The number of carbonyl (C=O) groups excluding carboxylic acids is 1. The zero-order valence-corrected chi connectivity index (χ0v) is 10.2. The SMILES string of the molecule is Cc1cccnc1CC(=O)NCC1CCCN1. The summed E-state index contributed by atoms with van der Waals surface area (Å²) in [7, 11) is 0. The van der Waals surface area contributed by atoms with Crippen LogP contribution in [0.3, 0.4) is 0 Å². The molecule has 4 heteroatoms. The highest BCUT2D eigenvalue weighted by Gasteiger charge is 2.15. The molecule has 1 atom stereocenters. The highest BCUT2D eigenvalue weighted by atomic mass is 16.1. The molecule has 0 aromatic carbocycles. The van der Waals surface area contributed by atoms with E-state index in [-0.39, 0.29) is 5.91 Å². The van der Waals surface area contributed by atoms with Gasteiger partial charge in [0, 0.05) is 18.8 Å². The van der Waals surface area contributed by atoms with Crippen LogP contribution in [0.4, 0.5) is 0 Å². The van der Waals surface area contributed by atoms with Gasteiger partial charge in [0.15, 0.2) is 0 Å². The molecule has 4 nitrogen and oxygen atoms in total. The molecule has 2 N–H and O–H groups in total. The average molecular weight is 233 g/mol. The minimum atomic E-state index is 0.0560. The minimum Gasteiger partial charge on any atom is -0.354 e. The van der Waals surface area contributed by atoms with E-state index < -0.39 is 0 Å². The van der Waals surface area contributed by atoms with Crippen LogP contribution < -0.4 is 10.6 Å². The van der Waals surface area contributed by atoms with Gasteiger partial charge in [-0.25, -0.2) is 0 Å². The van der Waals surface area contributed by atoms with Crippen LogP contribution >= 0.6 is 0 Å². The van der Waals surface area contributed by atoms with Crippen LogP contribution in [0.2, 0.25) is 0 Å². The maximum Gasteiger partial charge on any atom is 0.226 e. The molecule has 2 rings (SSSR count). The standard InChI is InChI=1S/C13H19N3O/c1-10-4-2-7-15-12(10)8-13(17)16-9-11-5-3-6-14-11/h2,4,7,11,14H,3,5-6,8-9H2,1H3,(H,16,17). The van der Waals surface area contributed by atoms with Crippen molar-refractivity contribution in [2.24, 2.45) is 0 Å². The Balaban J connectivity index is 1.79. The second-order valence-electron chi connectivity index (χ2n) is 4.54. The zero-order valence-electron chi connectivity index (χ0n) is 10.2. The van der Waals surface area contributed by atoms with E-state index in [0.717, 1.165) is 30.8 Å². The van der Waals surface area contributed by atoms with Gasteiger partial charge in [-0.3, -0.25) is 9.78 Å². The molecule has 0 saturated carbocycles. The summed E-state index contributed by atoms with van der Waals surface area (Å²) in [6.07, 6.45) is 4.47. The largest absolute Gasteiger partial charge is 0.354 e. The number of hydrogen-bond acceptors (Lipinski definition) is 3. The molecule has 92 valence electrons. The van der Waals surface area contributed by atoms with Gasteiger partial charge >= 0.3 is 0 Å². The number of nitrogens with zero attached hydrogens (tertiary/aromatic N) is 1. The third kappa shape index (κ3) is 3.53. The van der Waals surface area contributed by atoms with E-state index >= 15 is 0 Å². The van der Waals surface area contributed by atoms with Crippen molar-refractivity contribution in [1.82, 2.24) is 15.6 Å². The second kappa shape index (κ2) is 5.77. The van der Waals surface area contributed by atoms with Crippen LogP contribution in [-0.2, 0) is 11.2 Å². The van der Waals surface area contributed by atoms with Gasteiger partial charge < -0.3 is 10.6 Å². The fourth-order valence-electron chi connectivity index (χ4n) is 2.09. The van der Waals surface area contributed by atoms with E-state index in [1.54, 1.807) is 6.20 Å². The lowest BCUT2D eigenvalue weighted by Crippen LogP contribution is -2.37. The van der Waals surface area contributed by atoms with Crippen molar-refractivity contribution in [2.75, 3.05) is 13.1 Å². The first-order valence-corrected chi connectivity index (χ1v) is 6.16. The van der Waals surface area contributed by atoms with Gasteiger partial charge in [0.1, 0.15) is 0 Å². The van der Waals surface area contributed by atoms with Crippen LogP contribution in [0.15, 0.2) is 18.3 Å². The number of hydrogen-bond donors (Lipinski definition) is 2. The van der Waals surface area contributed by atoms with Crippen LogP contribution in [0, 0.1) is 6.92 Å². The summed E-state index contributed by atoms with van der Waals surface area (Å²) < 4.78 is 0. The summed E-state index contributed by atoms with van der Waals surface area (Å²) >= 11 is 0. The number of aryl methyl sites for hydroxylation is 1. The monoisotopic (exact) mass is 233 g/mol. The predicted molar refractivity (Wildman–Crippen MR) is 66.7 cm³/mol. The maximum atomic E-state index is 11.7. The fourth-order valence-corrected chi connectivity index (χ4v) is 2.09. The quantitative estimate of drug-likeness (QED) is 0.809. The van der Waals surface area contributed by atoms with Gasteiger partial charge in [0.05, 0.1) is 12.1 Å². The van der Waals surface area contributed by atoms with Crippen molar-refractivity contribution in [3.63, 3.8) is 0 Å². The minimum absolute atomic E-state index is 0.0560. The molecular formula is C13H19N3O. The summed E-state index contributed by atoms with van der Waals surface area (Å²) in [5, 5.41) is 6.32. The third-order valence-electron chi connectivity index (χ3n) is 3.15. The molecule has 1 aromatic heterocycles. The van der Waals surface area contributed by atoms with Crippen molar-refractivity contribution in [1.29, 1.82) is 0 Å². The van der Waals surface area contributed by atoms with Gasteiger partial charge in [0.25, 0.3) is 0 Å². The van der Waals surface area contributed by atoms with Gasteiger partial charge in [-0.05, 0) is 37.9 Å². The van der Waals surface area contributed by atoms with Crippen LogP contribution in [0.1, 0.15) is 24.1 Å². The van der Waals surface area contributed by atoms with Crippen molar-refractivity contribution in [3.05, 3.63) is 29.6 Å². The van der Waals surface area contributed by atoms with Gasteiger partial charge in [0.2, 0.25) is 5.91 Å². The Bertz CT molecular complexity index is 386. The van der Waals surface area contributed by atoms with Crippen LogP contribution in [0.5, 0.6) is 0 Å². The lowest BCUT2D eigenvalue weighted by atomic mass is 10.1. The van der Waals surface area contributed by atoms with Gasteiger partial charge in [-0.15, -0.1) is 0 Å².